The molecule has 0 bridgehead atoms. The highest BCUT2D eigenvalue weighted by Gasteiger charge is 2.07. The maximum absolute atomic E-state index is 12.0. The minimum absolute atomic E-state index is 0.276. The molecule has 0 spiro atoms. The van der Waals surface area contributed by atoms with Crippen molar-refractivity contribution in [2.24, 2.45) is 5.10 Å². The first-order valence-corrected chi connectivity index (χ1v) is 7.43. The van der Waals surface area contributed by atoms with Crippen LogP contribution in [0.3, 0.4) is 0 Å². The average molecular weight is 327 g/mol. The molecular formula is C18H21N3O3. The molecule has 0 aromatic heterocycles. The fraction of sp³-hybridized carbons (Fsp3) is 0.222. The van der Waals surface area contributed by atoms with E-state index < -0.39 is 0 Å². The molecule has 0 atom stereocenters. The van der Waals surface area contributed by atoms with Gasteiger partial charge in [-0.1, -0.05) is 6.07 Å². The number of hydrogen-bond acceptors (Lipinski definition) is 5. The van der Waals surface area contributed by atoms with Gasteiger partial charge in [0.05, 0.1) is 14.2 Å². The minimum atomic E-state index is -0.276. The van der Waals surface area contributed by atoms with Crippen molar-refractivity contribution in [3.8, 4) is 11.5 Å². The highest BCUT2D eigenvalue weighted by molar-refractivity contribution is 5.95. The fourth-order valence-corrected chi connectivity index (χ4v) is 2.17. The minimum Gasteiger partial charge on any atom is -0.493 e. The standard InChI is InChI=1S/C18H21N3O3/c1-12(10-13-4-9-16(23-2)17(11-13)24-3)20-21-18(22)14-5-7-15(19)8-6-14/h4-9,11H,10,19H2,1-3H3,(H,21,22)/b20-12-. The second kappa shape index (κ2) is 8.01. The summed E-state index contributed by atoms with van der Waals surface area (Å²) in [6.07, 6.45) is 0.586. The highest BCUT2D eigenvalue weighted by Crippen LogP contribution is 2.27. The Hall–Kier alpha value is -3.02. The molecule has 0 unspecified atom stereocenters. The van der Waals surface area contributed by atoms with Crippen LogP contribution in [0.2, 0.25) is 0 Å². The third kappa shape index (κ3) is 4.49. The van der Waals surface area contributed by atoms with Crippen LogP contribution < -0.4 is 20.6 Å². The SMILES string of the molecule is COc1ccc(C/C(C)=N\NC(=O)c2ccc(N)cc2)cc1OC. The van der Waals surface area contributed by atoms with Crippen LogP contribution in [0.15, 0.2) is 47.6 Å². The van der Waals surface area contributed by atoms with Crippen molar-refractivity contribution >= 4 is 17.3 Å². The number of hydrogen-bond donors (Lipinski definition) is 2. The Kier molecular flexibility index (Phi) is 5.78. The van der Waals surface area contributed by atoms with Gasteiger partial charge in [0.25, 0.3) is 5.91 Å². The van der Waals surface area contributed by atoms with E-state index in [2.05, 4.69) is 10.5 Å². The molecule has 126 valence electrons. The molecule has 2 aromatic carbocycles. The number of amides is 1. The Morgan fingerprint density at radius 3 is 2.38 bits per heavy atom. The Bertz CT molecular complexity index is 740. The molecular weight excluding hydrogens is 306 g/mol. The number of nitrogen functional groups attached to an aromatic ring is 1. The molecule has 2 rings (SSSR count). The number of carbonyl (C=O) groups excluding carboxylic acids is 1. The summed E-state index contributed by atoms with van der Waals surface area (Å²) in [4.78, 5) is 12.0. The van der Waals surface area contributed by atoms with Gasteiger partial charge in [0.2, 0.25) is 0 Å². The summed E-state index contributed by atoms with van der Waals surface area (Å²) in [5.41, 5.74) is 11.0. The maximum atomic E-state index is 12.0. The first kappa shape index (κ1) is 17.3. The van der Waals surface area contributed by atoms with Gasteiger partial charge < -0.3 is 15.2 Å². The predicted molar refractivity (Wildman–Crippen MR) is 94.7 cm³/mol. The van der Waals surface area contributed by atoms with Gasteiger partial charge in [-0.3, -0.25) is 4.79 Å². The van der Waals surface area contributed by atoms with E-state index in [-0.39, 0.29) is 5.91 Å². The summed E-state index contributed by atoms with van der Waals surface area (Å²) >= 11 is 0. The normalized spacial score (nSPS) is 11.0. The zero-order valence-corrected chi connectivity index (χ0v) is 14.0. The summed E-state index contributed by atoms with van der Waals surface area (Å²) in [7, 11) is 3.19. The van der Waals surface area contributed by atoms with Gasteiger partial charge in [-0.05, 0) is 48.9 Å². The molecule has 0 saturated carbocycles. The largest absolute Gasteiger partial charge is 0.493 e. The number of benzene rings is 2. The van der Waals surface area contributed by atoms with Crippen LogP contribution in [0.4, 0.5) is 5.69 Å². The van der Waals surface area contributed by atoms with Crippen LogP contribution in [0.5, 0.6) is 11.5 Å². The molecule has 0 heterocycles. The molecule has 2 aromatic rings. The summed E-state index contributed by atoms with van der Waals surface area (Å²) in [5.74, 6) is 1.06. The number of methoxy groups -OCH3 is 2. The van der Waals surface area contributed by atoms with E-state index in [4.69, 9.17) is 15.2 Å². The third-order valence-electron chi connectivity index (χ3n) is 3.43. The lowest BCUT2D eigenvalue weighted by atomic mass is 10.1. The van der Waals surface area contributed by atoms with E-state index in [1.54, 1.807) is 38.5 Å². The Morgan fingerprint density at radius 1 is 1.08 bits per heavy atom. The van der Waals surface area contributed by atoms with E-state index in [1.807, 2.05) is 25.1 Å². The lowest BCUT2D eigenvalue weighted by Crippen LogP contribution is -2.19. The topological polar surface area (TPSA) is 85.9 Å². The van der Waals surface area contributed by atoms with Crippen LogP contribution >= 0.6 is 0 Å². The van der Waals surface area contributed by atoms with E-state index in [0.29, 0.717) is 29.2 Å². The van der Waals surface area contributed by atoms with Gasteiger partial charge in [0.1, 0.15) is 0 Å². The van der Waals surface area contributed by atoms with Crippen molar-refractivity contribution in [2.45, 2.75) is 13.3 Å². The Morgan fingerprint density at radius 2 is 1.75 bits per heavy atom. The van der Waals surface area contributed by atoms with E-state index in [0.717, 1.165) is 11.3 Å². The summed E-state index contributed by atoms with van der Waals surface area (Å²) in [5, 5.41) is 4.13. The third-order valence-corrected chi connectivity index (χ3v) is 3.43. The van der Waals surface area contributed by atoms with Gasteiger partial charge in [0.15, 0.2) is 11.5 Å². The molecule has 6 nitrogen and oxygen atoms in total. The Balaban J connectivity index is 2.01. The molecule has 0 aliphatic heterocycles. The lowest BCUT2D eigenvalue weighted by molar-refractivity contribution is 0.0954. The second-order valence-electron chi connectivity index (χ2n) is 5.28. The number of nitrogens with two attached hydrogens (primary N) is 1. The maximum Gasteiger partial charge on any atom is 0.271 e. The average Bonchev–Trinajstić information content (AvgIpc) is 2.60. The molecule has 0 aliphatic rings. The lowest BCUT2D eigenvalue weighted by Gasteiger charge is -2.09. The monoisotopic (exact) mass is 327 g/mol. The molecule has 3 N–H and O–H groups in total. The van der Waals surface area contributed by atoms with Crippen molar-refractivity contribution < 1.29 is 14.3 Å². The van der Waals surface area contributed by atoms with Crippen LogP contribution in [0, 0.1) is 0 Å². The molecule has 1 amide bonds. The zero-order chi connectivity index (χ0) is 17.5. The number of hydrazone groups is 1. The molecule has 0 fully saturated rings. The summed E-state index contributed by atoms with van der Waals surface area (Å²) in [6.45, 7) is 1.85. The van der Waals surface area contributed by atoms with Crippen LogP contribution in [-0.2, 0) is 6.42 Å². The quantitative estimate of drug-likeness (QED) is 0.485. The van der Waals surface area contributed by atoms with Gasteiger partial charge >= 0.3 is 0 Å². The van der Waals surface area contributed by atoms with Crippen LogP contribution in [-0.4, -0.2) is 25.8 Å². The van der Waals surface area contributed by atoms with Gasteiger partial charge in [-0.15, -0.1) is 0 Å². The number of nitrogens with zero attached hydrogens (tertiary/aromatic N) is 1. The predicted octanol–water partition coefficient (Wildman–Crippen LogP) is 2.63. The Labute approximate surface area is 141 Å². The van der Waals surface area contributed by atoms with Crippen molar-refractivity contribution in [1.82, 2.24) is 5.43 Å². The van der Waals surface area contributed by atoms with E-state index in [1.165, 1.54) is 0 Å². The number of nitrogens with one attached hydrogen (secondary N) is 1. The fourth-order valence-electron chi connectivity index (χ4n) is 2.17. The van der Waals surface area contributed by atoms with Gasteiger partial charge in [-0.2, -0.15) is 5.10 Å². The van der Waals surface area contributed by atoms with Crippen LogP contribution in [0.1, 0.15) is 22.8 Å². The molecule has 6 heteroatoms. The van der Waals surface area contributed by atoms with Gasteiger partial charge in [0, 0.05) is 23.4 Å². The van der Waals surface area contributed by atoms with Crippen LogP contribution in [0.25, 0.3) is 0 Å². The summed E-state index contributed by atoms with van der Waals surface area (Å²) in [6, 6.07) is 12.3. The molecule has 24 heavy (non-hydrogen) atoms. The zero-order valence-electron chi connectivity index (χ0n) is 14.0. The van der Waals surface area contributed by atoms with E-state index in [9.17, 15) is 4.79 Å². The highest BCUT2D eigenvalue weighted by atomic mass is 16.5. The molecule has 0 radical (unpaired) electrons. The van der Waals surface area contributed by atoms with Crippen molar-refractivity contribution in [3.63, 3.8) is 0 Å². The van der Waals surface area contributed by atoms with E-state index >= 15 is 0 Å². The van der Waals surface area contributed by atoms with Crippen molar-refractivity contribution in [3.05, 3.63) is 53.6 Å². The molecule has 0 aliphatic carbocycles. The van der Waals surface area contributed by atoms with Gasteiger partial charge in [-0.25, -0.2) is 5.43 Å². The number of ether oxygens (including phenoxy) is 2. The smallest absolute Gasteiger partial charge is 0.271 e. The number of rotatable bonds is 6. The summed E-state index contributed by atoms with van der Waals surface area (Å²) < 4.78 is 10.5. The molecule has 0 saturated heterocycles. The van der Waals surface area contributed by atoms with Crippen molar-refractivity contribution in [1.29, 1.82) is 0 Å². The number of carbonyl (C=O) groups is 1. The second-order valence-corrected chi connectivity index (χ2v) is 5.28. The first-order valence-electron chi connectivity index (χ1n) is 7.43. The number of anilines is 1. The van der Waals surface area contributed by atoms with Crippen molar-refractivity contribution in [2.75, 3.05) is 20.0 Å². The first-order chi connectivity index (χ1) is 11.5.